The molecule has 1 aliphatic rings. The maximum Gasteiger partial charge on any atom is 0.217 e. The number of carbonyl (C=O) groups excluding carboxylic acids is 2. The van der Waals surface area contributed by atoms with Crippen molar-refractivity contribution in [1.82, 2.24) is 10.6 Å². The molecule has 1 aliphatic heterocycles. The summed E-state index contributed by atoms with van der Waals surface area (Å²) in [5.41, 5.74) is 0. The first-order valence-electron chi connectivity index (χ1n) is 10.1. The molecule has 2 amide bonds. The monoisotopic (exact) mass is 404 g/mol. The molecule has 0 aliphatic carbocycles. The Kier molecular flexibility index (Phi) is 12.2. The molecule has 28 heavy (non-hydrogen) atoms. The van der Waals surface area contributed by atoms with Crippen molar-refractivity contribution >= 4 is 11.8 Å². The van der Waals surface area contributed by atoms with E-state index in [1.165, 1.54) is 13.8 Å². The van der Waals surface area contributed by atoms with Gasteiger partial charge in [-0.15, -0.1) is 0 Å². The topological polar surface area (TPSA) is 137 Å². The number of ether oxygens (including phenoxy) is 2. The lowest BCUT2D eigenvalue weighted by molar-refractivity contribution is -0.270. The quantitative estimate of drug-likeness (QED) is 0.268. The first-order valence-corrected chi connectivity index (χ1v) is 10.1. The van der Waals surface area contributed by atoms with Gasteiger partial charge in [0.25, 0.3) is 0 Å². The van der Waals surface area contributed by atoms with Crippen LogP contribution in [0.25, 0.3) is 0 Å². The molecule has 5 atom stereocenters. The van der Waals surface area contributed by atoms with Gasteiger partial charge in [-0.2, -0.15) is 0 Å². The number of rotatable bonds is 13. The van der Waals surface area contributed by atoms with Gasteiger partial charge < -0.3 is 35.4 Å². The van der Waals surface area contributed by atoms with E-state index < -0.39 is 37.3 Å². The summed E-state index contributed by atoms with van der Waals surface area (Å²) < 4.78 is 11.2. The zero-order valence-electron chi connectivity index (χ0n) is 16.9. The number of amides is 2. The molecule has 0 bridgehead atoms. The lowest BCUT2D eigenvalue weighted by atomic mass is 9.97. The maximum atomic E-state index is 11.4. The molecule has 0 saturated carbocycles. The first-order chi connectivity index (χ1) is 13.4. The second kappa shape index (κ2) is 13.8. The Labute approximate surface area is 166 Å². The molecule has 1 rings (SSSR count). The van der Waals surface area contributed by atoms with Crippen LogP contribution in [0.1, 0.15) is 58.8 Å². The smallest absolute Gasteiger partial charge is 0.217 e. The predicted molar refractivity (Wildman–Crippen MR) is 102 cm³/mol. The summed E-state index contributed by atoms with van der Waals surface area (Å²) in [4.78, 5) is 22.1. The average Bonchev–Trinajstić information content (AvgIpc) is 2.64. The number of nitrogens with one attached hydrogen (secondary N) is 2. The van der Waals surface area contributed by atoms with E-state index in [9.17, 15) is 24.9 Å². The van der Waals surface area contributed by atoms with E-state index in [2.05, 4.69) is 10.6 Å². The lowest BCUT2D eigenvalue weighted by Gasteiger charge is -2.42. The summed E-state index contributed by atoms with van der Waals surface area (Å²) >= 11 is 0. The van der Waals surface area contributed by atoms with Gasteiger partial charge in [-0.1, -0.05) is 32.1 Å². The highest BCUT2D eigenvalue weighted by atomic mass is 16.7. The van der Waals surface area contributed by atoms with Crippen LogP contribution in [0.2, 0.25) is 0 Å². The van der Waals surface area contributed by atoms with E-state index in [4.69, 9.17) is 9.47 Å². The Morgan fingerprint density at radius 3 is 2.11 bits per heavy atom. The number of aliphatic hydroxyl groups is 3. The summed E-state index contributed by atoms with van der Waals surface area (Å²) in [7, 11) is 0. The second-order valence-electron chi connectivity index (χ2n) is 7.26. The van der Waals surface area contributed by atoms with Gasteiger partial charge >= 0.3 is 0 Å². The van der Waals surface area contributed by atoms with Crippen molar-refractivity contribution in [2.75, 3.05) is 19.8 Å². The summed E-state index contributed by atoms with van der Waals surface area (Å²) in [6, 6.07) is -0.890. The van der Waals surface area contributed by atoms with Gasteiger partial charge in [-0.05, 0) is 12.8 Å². The summed E-state index contributed by atoms with van der Waals surface area (Å²) in [5.74, 6) is -0.357. The molecule has 0 aromatic rings. The highest BCUT2D eigenvalue weighted by molar-refractivity contribution is 5.73. The van der Waals surface area contributed by atoms with Gasteiger partial charge in [0.15, 0.2) is 6.29 Å². The van der Waals surface area contributed by atoms with E-state index in [0.29, 0.717) is 6.61 Å². The summed E-state index contributed by atoms with van der Waals surface area (Å²) in [6.45, 7) is 3.50. The minimum atomic E-state index is -1.30. The molecule has 1 heterocycles. The first kappa shape index (κ1) is 24.8. The van der Waals surface area contributed by atoms with Gasteiger partial charge in [0.2, 0.25) is 11.8 Å². The number of unbranched alkanes of at least 4 members (excludes halogenated alkanes) is 6. The Morgan fingerprint density at radius 1 is 0.929 bits per heavy atom. The molecule has 0 aromatic heterocycles. The number of hydrogen-bond donors (Lipinski definition) is 5. The largest absolute Gasteiger partial charge is 0.394 e. The van der Waals surface area contributed by atoms with Crippen molar-refractivity contribution in [3.05, 3.63) is 0 Å². The Bertz CT molecular complexity index is 464. The number of carbonyl (C=O) groups is 2. The standard InChI is InChI=1S/C19H36N2O7/c1-13(23)20-10-8-6-4-3-5-7-9-11-27-19-16(21-14(2)24)18(26)17(25)15(12-22)28-19/h15-19,22,25-26H,3-12H2,1-2H3,(H,20,23)(H,21,24)/t15-,16-,17+,18-,19-/m1/s1. The van der Waals surface area contributed by atoms with Crippen LogP contribution in [0.3, 0.4) is 0 Å². The van der Waals surface area contributed by atoms with E-state index in [0.717, 1.165) is 51.5 Å². The third-order valence-corrected chi connectivity index (χ3v) is 4.73. The van der Waals surface area contributed by atoms with Gasteiger partial charge in [-0.25, -0.2) is 0 Å². The third kappa shape index (κ3) is 9.29. The highest BCUT2D eigenvalue weighted by Gasteiger charge is 2.45. The fourth-order valence-corrected chi connectivity index (χ4v) is 3.19. The molecule has 164 valence electrons. The molecule has 9 heteroatoms. The number of hydrogen-bond acceptors (Lipinski definition) is 7. The molecular formula is C19H36N2O7. The van der Waals surface area contributed by atoms with Gasteiger partial charge in [0, 0.05) is 27.0 Å². The number of aliphatic hydroxyl groups excluding tert-OH is 3. The summed E-state index contributed by atoms with van der Waals surface area (Å²) in [6.07, 6.45) is 2.73. The van der Waals surface area contributed by atoms with E-state index >= 15 is 0 Å². The SMILES string of the molecule is CC(=O)NCCCCCCCCCO[C@@H]1O[C@H](CO)[C@H](O)[C@H](O)[C@H]1NC(C)=O. The summed E-state index contributed by atoms with van der Waals surface area (Å²) in [5, 5.41) is 34.7. The fraction of sp³-hybridized carbons (Fsp3) is 0.895. The van der Waals surface area contributed by atoms with Crippen LogP contribution in [-0.2, 0) is 19.1 Å². The minimum Gasteiger partial charge on any atom is -0.394 e. The van der Waals surface area contributed by atoms with Crippen molar-refractivity contribution in [1.29, 1.82) is 0 Å². The van der Waals surface area contributed by atoms with Gasteiger partial charge in [0.05, 0.1) is 6.61 Å². The van der Waals surface area contributed by atoms with Crippen molar-refractivity contribution < 1.29 is 34.4 Å². The zero-order valence-corrected chi connectivity index (χ0v) is 16.9. The lowest BCUT2D eigenvalue weighted by Crippen LogP contribution is -2.64. The second-order valence-corrected chi connectivity index (χ2v) is 7.26. The van der Waals surface area contributed by atoms with Crippen LogP contribution < -0.4 is 10.6 Å². The normalized spacial score (nSPS) is 27.4. The van der Waals surface area contributed by atoms with Crippen LogP contribution in [0.15, 0.2) is 0 Å². The fourth-order valence-electron chi connectivity index (χ4n) is 3.19. The molecule has 0 radical (unpaired) electrons. The highest BCUT2D eigenvalue weighted by Crippen LogP contribution is 2.22. The van der Waals surface area contributed by atoms with Crippen LogP contribution in [0.4, 0.5) is 0 Å². The maximum absolute atomic E-state index is 11.4. The van der Waals surface area contributed by atoms with Crippen LogP contribution >= 0.6 is 0 Å². The van der Waals surface area contributed by atoms with Crippen molar-refractivity contribution in [2.24, 2.45) is 0 Å². The van der Waals surface area contributed by atoms with Gasteiger partial charge in [0.1, 0.15) is 24.4 Å². The molecule has 0 spiro atoms. The van der Waals surface area contributed by atoms with E-state index in [1.807, 2.05) is 0 Å². The van der Waals surface area contributed by atoms with Crippen molar-refractivity contribution in [2.45, 2.75) is 89.4 Å². The van der Waals surface area contributed by atoms with Gasteiger partial charge in [-0.3, -0.25) is 9.59 Å². The predicted octanol–water partition coefficient (Wildman–Crippen LogP) is -0.186. The molecule has 5 N–H and O–H groups in total. The van der Waals surface area contributed by atoms with Crippen molar-refractivity contribution in [3.63, 3.8) is 0 Å². The molecule has 1 saturated heterocycles. The van der Waals surface area contributed by atoms with Crippen LogP contribution in [-0.4, -0.2) is 77.5 Å². The molecular weight excluding hydrogens is 368 g/mol. The zero-order chi connectivity index (χ0) is 20.9. The molecule has 9 nitrogen and oxygen atoms in total. The van der Waals surface area contributed by atoms with E-state index in [1.54, 1.807) is 0 Å². The Balaban J connectivity index is 2.20. The molecule has 0 unspecified atom stereocenters. The van der Waals surface area contributed by atoms with Crippen LogP contribution in [0, 0.1) is 0 Å². The van der Waals surface area contributed by atoms with Crippen molar-refractivity contribution in [3.8, 4) is 0 Å². The molecule has 1 fully saturated rings. The Hall–Kier alpha value is -1.26. The Morgan fingerprint density at radius 2 is 1.54 bits per heavy atom. The third-order valence-electron chi connectivity index (χ3n) is 4.73. The molecule has 0 aromatic carbocycles. The van der Waals surface area contributed by atoms with Crippen LogP contribution in [0.5, 0.6) is 0 Å². The van der Waals surface area contributed by atoms with E-state index in [-0.39, 0.29) is 11.8 Å². The average molecular weight is 405 g/mol. The minimum absolute atomic E-state index is 0.00928.